The number of ether oxygens (including phenoxy) is 2. The van der Waals surface area contributed by atoms with E-state index in [0.717, 1.165) is 40.2 Å². The number of amides is 2. The van der Waals surface area contributed by atoms with Crippen LogP contribution in [-0.2, 0) is 4.74 Å². The Bertz CT molecular complexity index is 1050. The van der Waals surface area contributed by atoms with Crippen LogP contribution >= 0.6 is 22.9 Å². The van der Waals surface area contributed by atoms with Crippen molar-refractivity contribution in [2.24, 2.45) is 0 Å². The predicted molar refractivity (Wildman–Crippen MR) is 113 cm³/mol. The van der Waals surface area contributed by atoms with Gasteiger partial charge in [-0.25, -0.2) is 19.7 Å². The lowest BCUT2D eigenvalue weighted by molar-refractivity contribution is 0.0161. The number of anilines is 2. The van der Waals surface area contributed by atoms with Crippen molar-refractivity contribution in [3.8, 4) is 5.88 Å². The van der Waals surface area contributed by atoms with E-state index in [2.05, 4.69) is 25.6 Å². The van der Waals surface area contributed by atoms with Crippen LogP contribution in [0.5, 0.6) is 5.88 Å². The van der Waals surface area contributed by atoms with Gasteiger partial charge in [0.1, 0.15) is 15.4 Å². The summed E-state index contributed by atoms with van der Waals surface area (Å²) in [6.45, 7) is 2.64. The Hall–Kier alpha value is -2.49. The van der Waals surface area contributed by atoms with Gasteiger partial charge in [0.25, 0.3) is 0 Å². The molecule has 1 aliphatic rings. The van der Waals surface area contributed by atoms with Crippen molar-refractivity contribution in [1.29, 1.82) is 0 Å². The lowest BCUT2D eigenvalue weighted by atomic mass is 10.00. The monoisotopic (exact) mass is 433 g/mol. The maximum Gasteiger partial charge on any atom is 0.323 e. The fourth-order valence-electron chi connectivity index (χ4n) is 3.32. The molecule has 1 saturated heterocycles. The van der Waals surface area contributed by atoms with Crippen LogP contribution in [0.15, 0.2) is 18.5 Å². The van der Waals surface area contributed by atoms with E-state index in [9.17, 15) is 4.79 Å². The zero-order valence-corrected chi connectivity index (χ0v) is 17.6. The fourth-order valence-corrected chi connectivity index (χ4v) is 4.34. The zero-order chi connectivity index (χ0) is 20.4. The standard InChI is InChI=1S/C19H20ClN5O3S/c1-10-23-16-15(14-5-3-4-6-28-14)13(9-22-18(16)29-10)25-19(26)24-11-7-12(20)17(27-2)21-8-11/h7-9,14H,3-6H2,1-2H3,(H2,24,25,26). The summed E-state index contributed by atoms with van der Waals surface area (Å²) in [7, 11) is 1.48. The molecule has 4 rings (SSSR count). The highest BCUT2D eigenvalue weighted by atomic mass is 35.5. The molecule has 8 nitrogen and oxygen atoms in total. The summed E-state index contributed by atoms with van der Waals surface area (Å²) in [4.78, 5) is 26.6. The summed E-state index contributed by atoms with van der Waals surface area (Å²) in [5.41, 5.74) is 2.69. The Labute approximate surface area is 176 Å². The Morgan fingerprint density at radius 1 is 1.31 bits per heavy atom. The second-order valence-corrected chi connectivity index (χ2v) is 8.21. The average molecular weight is 434 g/mol. The molecule has 2 N–H and O–H groups in total. The average Bonchev–Trinajstić information content (AvgIpc) is 3.09. The molecule has 4 heterocycles. The first-order chi connectivity index (χ1) is 14.0. The maximum absolute atomic E-state index is 12.6. The van der Waals surface area contributed by atoms with Gasteiger partial charge >= 0.3 is 6.03 Å². The number of rotatable bonds is 4. The first-order valence-electron chi connectivity index (χ1n) is 9.20. The molecule has 0 aromatic carbocycles. The van der Waals surface area contributed by atoms with Crippen molar-refractivity contribution in [3.05, 3.63) is 34.1 Å². The van der Waals surface area contributed by atoms with Crippen molar-refractivity contribution in [2.45, 2.75) is 32.3 Å². The van der Waals surface area contributed by atoms with Crippen molar-refractivity contribution in [3.63, 3.8) is 0 Å². The minimum absolute atomic E-state index is 0.122. The zero-order valence-electron chi connectivity index (χ0n) is 16.0. The Morgan fingerprint density at radius 2 is 2.17 bits per heavy atom. The fraction of sp³-hybridized carbons (Fsp3) is 0.368. The molecule has 29 heavy (non-hydrogen) atoms. The number of pyridine rings is 2. The van der Waals surface area contributed by atoms with Gasteiger partial charge in [-0.05, 0) is 32.3 Å². The molecule has 0 radical (unpaired) electrons. The largest absolute Gasteiger partial charge is 0.480 e. The Balaban J connectivity index is 1.61. The second kappa shape index (κ2) is 8.48. The van der Waals surface area contributed by atoms with E-state index in [-0.39, 0.29) is 6.10 Å². The number of fused-ring (bicyclic) bond motifs is 1. The molecule has 0 bridgehead atoms. The van der Waals surface area contributed by atoms with Crippen molar-refractivity contribution in [2.75, 3.05) is 24.4 Å². The van der Waals surface area contributed by atoms with Gasteiger partial charge in [0.05, 0.1) is 42.0 Å². The van der Waals surface area contributed by atoms with Crippen LogP contribution in [0.1, 0.15) is 35.9 Å². The number of halogens is 1. The van der Waals surface area contributed by atoms with Crippen LogP contribution in [0.3, 0.4) is 0 Å². The molecule has 10 heteroatoms. The third-order valence-corrected chi connectivity index (χ3v) is 5.73. The molecule has 0 aliphatic carbocycles. The van der Waals surface area contributed by atoms with Crippen LogP contribution in [0, 0.1) is 6.92 Å². The topological polar surface area (TPSA) is 98.3 Å². The summed E-state index contributed by atoms with van der Waals surface area (Å²) < 4.78 is 11.0. The van der Waals surface area contributed by atoms with Gasteiger partial charge in [-0.1, -0.05) is 22.9 Å². The minimum atomic E-state index is -0.432. The maximum atomic E-state index is 12.6. The van der Waals surface area contributed by atoms with E-state index in [4.69, 9.17) is 21.1 Å². The van der Waals surface area contributed by atoms with Crippen molar-refractivity contribution in [1.82, 2.24) is 15.0 Å². The number of thiazole rings is 1. The first kappa shape index (κ1) is 19.8. The number of methoxy groups -OCH3 is 1. The normalized spacial score (nSPS) is 16.6. The molecule has 0 saturated carbocycles. The molecular formula is C19H20ClN5O3S. The molecule has 152 valence electrons. The van der Waals surface area contributed by atoms with Gasteiger partial charge in [0, 0.05) is 12.2 Å². The predicted octanol–water partition coefficient (Wildman–Crippen LogP) is 4.94. The van der Waals surface area contributed by atoms with E-state index >= 15 is 0 Å². The summed E-state index contributed by atoms with van der Waals surface area (Å²) >= 11 is 7.60. The first-order valence-corrected chi connectivity index (χ1v) is 10.4. The van der Waals surface area contributed by atoms with Gasteiger partial charge < -0.3 is 20.1 Å². The molecular weight excluding hydrogens is 414 g/mol. The number of nitrogens with one attached hydrogen (secondary N) is 2. The van der Waals surface area contributed by atoms with Gasteiger partial charge in [-0.2, -0.15) is 0 Å². The molecule has 3 aromatic heterocycles. The quantitative estimate of drug-likeness (QED) is 0.604. The summed E-state index contributed by atoms with van der Waals surface area (Å²) in [6.07, 6.45) is 5.99. The molecule has 1 fully saturated rings. The molecule has 2 amide bonds. The number of hydrogen-bond donors (Lipinski definition) is 2. The van der Waals surface area contributed by atoms with Gasteiger partial charge in [0.2, 0.25) is 5.88 Å². The number of aromatic nitrogens is 3. The molecule has 1 atom stereocenters. The SMILES string of the molecule is COc1ncc(NC(=O)Nc2cnc3sc(C)nc3c2C2CCCCO2)cc1Cl. The van der Waals surface area contributed by atoms with Crippen LogP contribution < -0.4 is 15.4 Å². The summed E-state index contributed by atoms with van der Waals surface area (Å²) in [5.74, 6) is 0.294. The number of carbonyl (C=O) groups is 1. The molecule has 0 spiro atoms. The van der Waals surface area contributed by atoms with E-state index < -0.39 is 6.03 Å². The lowest BCUT2D eigenvalue weighted by Gasteiger charge is -2.25. The summed E-state index contributed by atoms with van der Waals surface area (Å²) in [6, 6.07) is 1.14. The highest BCUT2D eigenvalue weighted by Gasteiger charge is 2.25. The van der Waals surface area contributed by atoms with E-state index in [1.54, 1.807) is 12.3 Å². The number of hydrogen-bond acceptors (Lipinski definition) is 7. The number of aryl methyl sites for hydroxylation is 1. The van der Waals surface area contributed by atoms with Crippen molar-refractivity contribution >= 4 is 50.7 Å². The van der Waals surface area contributed by atoms with Gasteiger partial charge in [-0.15, -0.1) is 0 Å². The van der Waals surface area contributed by atoms with Crippen LogP contribution in [0.4, 0.5) is 16.2 Å². The van der Waals surface area contributed by atoms with Crippen LogP contribution in [-0.4, -0.2) is 34.7 Å². The van der Waals surface area contributed by atoms with E-state index in [1.807, 2.05) is 6.92 Å². The van der Waals surface area contributed by atoms with Gasteiger partial charge in [-0.3, -0.25) is 0 Å². The number of nitrogens with zero attached hydrogens (tertiary/aromatic N) is 3. The van der Waals surface area contributed by atoms with Crippen LogP contribution in [0.2, 0.25) is 5.02 Å². The Kier molecular flexibility index (Phi) is 5.79. The molecule has 1 unspecified atom stereocenters. The lowest BCUT2D eigenvalue weighted by Crippen LogP contribution is -2.22. The minimum Gasteiger partial charge on any atom is -0.480 e. The summed E-state index contributed by atoms with van der Waals surface area (Å²) in [5, 5.41) is 6.83. The second-order valence-electron chi connectivity index (χ2n) is 6.62. The third kappa shape index (κ3) is 4.26. The van der Waals surface area contributed by atoms with Gasteiger partial charge in [0.15, 0.2) is 0 Å². The number of urea groups is 1. The van der Waals surface area contributed by atoms with E-state index in [0.29, 0.717) is 28.9 Å². The van der Waals surface area contributed by atoms with Crippen molar-refractivity contribution < 1.29 is 14.3 Å². The molecule has 3 aromatic rings. The highest BCUT2D eigenvalue weighted by Crippen LogP contribution is 2.38. The molecule has 1 aliphatic heterocycles. The highest BCUT2D eigenvalue weighted by molar-refractivity contribution is 7.18. The third-order valence-electron chi connectivity index (χ3n) is 4.58. The van der Waals surface area contributed by atoms with E-state index in [1.165, 1.54) is 24.6 Å². The smallest absolute Gasteiger partial charge is 0.323 e. The van der Waals surface area contributed by atoms with Crippen LogP contribution in [0.25, 0.3) is 10.3 Å². The number of carbonyl (C=O) groups excluding carboxylic acids is 1. The Morgan fingerprint density at radius 3 is 2.90 bits per heavy atom.